The summed E-state index contributed by atoms with van der Waals surface area (Å²) in [7, 11) is 0. The van der Waals surface area contributed by atoms with Crippen molar-refractivity contribution in [2.24, 2.45) is 11.1 Å². The van der Waals surface area contributed by atoms with Gasteiger partial charge in [-0.25, -0.2) is 0 Å². The summed E-state index contributed by atoms with van der Waals surface area (Å²) in [6, 6.07) is 7.04. The van der Waals surface area contributed by atoms with Gasteiger partial charge in [-0.2, -0.15) is 0 Å². The standard InChI is InChI=1S/C17H28N2/c1-17(2,13-18)9-11-19-10-8-14-6-7-15-4-3-5-16(15)12-14/h6-7,12,19H,3-5,8-11,13,18H2,1-2H3. The van der Waals surface area contributed by atoms with Crippen LogP contribution in [0.15, 0.2) is 18.2 Å². The average Bonchev–Trinajstić information content (AvgIpc) is 2.85. The van der Waals surface area contributed by atoms with Crippen molar-refractivity contribution in [1.29, 1.82) is 0 Å². The molecule has 0 aliphatic heterocycles. The maximum absolute atomic E-state index is 5.74. The minimum Gasteiger partial charge on any atom is -0.330 e. The fraction of sp³-hybridized carbons (Fsp3) is 0.647. The smallest absolute Gasteiger partial charge is 0.000835 e. The number of hydrogen-bond donors (Lipinski definition) is 2. The van der Waals surface area contributed by atoms with Crippen LogP contribution in [0.2, 0.25) is 0 Å². The SMILES string of the molecule is CC(C)(CN)CCNCCc1ccc2c(c1)CCC2. The summed E-state index contributed by atoms with van der Waals surface area (Å²) in [6.45, 7) is 7.36. The van der Waals surface area contributed by atoms with E-state index in [1.54, 1.807) is 11.1 Å². The Hall–Kier alpha value is -0.860. The molecule has 0 heterocycles. The number of aryl methyl sites for hydroxylation is 2. The minimum absolute atomic E-state index is 0.264. The normalized spacial score (nSPS) is 14.7. The largest absolute Gasteiger partial charge is 0.330 e. The molecule has 0 radical (unpaired) electrons. The van der Waals surface area contributed by atoms with Crippen molar-refractivity contribution in [2.45, 2.75) is 46.0 Å². The van der Waals surface area contributed by atoms with Crippen LogP contribution in [0.3, 0.4) is 0 Å². The Labute approximate surface area is 117 Å². The fourth-order valence-electron chi connectivity index (χ4n) is 2.67. The molecule has 0 saturated carbocycles. The molecular formula is C17H28N2. The summed E-state index contributed by atoms with van der Waals surface area (Å²) in [5, 5.41) is 3.54. The Balaban J connectivity index is 1.69. The van der Waals surface area contributed by atoms with Gasteiger partial charge in [-0.05, 0) is 73.8 Å². The van der Waals surface area contributed by atoms with Gasteiger partial charge in [0, 0.05) is 0 Å². The summed E-state index contributed by atoms with van der Waals surface area (Å²) < 4.78 is 0. The van der Waals surface area contributed by atoms with Gasteiger partial charge < -0.3 is 11.1 Å². The molecule has 0 saturated heterocycles. The molecule has 19 heavy (non-hydrogen) atoms. The minimum atomic E-state index is 0.264. The van der Waals surface area contributed by atoms with Crippen LogP contribution in [-0.2, 0) is 19.3 Å². The Kier molecular flexibility index (Phi) is 5.00. The highest BCUT2D eigenvalue weighted by molar-refractivity contribution is 5.35. The van der Waals surface area contributed by atoms with Gasteiger partial charge in [0.1, 0.15) is 0 Å². The second kappa shape index (κ2) is 6.53. The van der Waals surface area contributed by atoms with Gasteiger partial charge in [0.25, 0.3) is 0 Å². The predicted molar refractivity (Wildman–Crippen MR) is 82.5 cm³/mol. The monoisotopic (exact) mass is 260 g/mol. The maximum Gasteiger partial charge on any atom is -0.000835 e. The average molecular weight is 260 g/mol. The topological polar surface area (TPSA) is 38.0 Å². The molecule has 2 heteroatoms. The molecule has 1 aliphatic carbocycles. The second-order valence-electron chi connectivity index (χ2n) is 6.57. The Morgan fingerprint density at radius 1 is 1.16 bits per heavy atom. The first-order chi connectivity index (χ1) is 9.11. The van der Waals surface area contributed by atoms with E-state index in [4.69, 9.17) is 5.73 Å². The van der Waals surface area contributed by atoms with E-state index < -0.39 is 0 Å². The van der Waals surface area contributed by atoms with E-state index in [-0.39, 0.29) is 5.41 Å². The first-order valence-corrected chi connectivity index (χ1v) is 7.62. The number of hydrogen-bond acceptors (Lipinski definition) is 2. The molecule has 106 valence electrons. The zero-order valence-electron chi connectivity index (χ0n) is 12.5. The second-order valence-corrected chi connectivity index (χ2v) is 6.57. The van der Waals surface area contributed by atoms with Gasteiger partial charge in [-0.15, -0.1) is 0 Å². The molecule has 0 unspecified atom stereocenters. The summed E-state index contributed by atoms with van der Waals surface area (Å²) in [5.74, 6) is 0. The molecule has 0 fully saturated rings. The molecule has 2 nitrogen and oxygen atoms in total. The third-order valence-electron chi connectivity index (χ3n) is 4.28. The third-order valence-corrected chi connectivity index (χ3v) is 4.28. The van der Waals surface area contributed by atoms with Crippen LogP contribution in [0.5, 0.6) is 0 Å². The van der Waals surface area contributed by atoms with Crippen LogP contribution in [0.25, 0.3) is 0 Å². The quantitative estimate of drug-likeness (QED) is 0.740. The molecule has 0 spiro atoms. The van der Waals surface area contributed by atoms with Gasteiger partial charge in [-0.1, -0.05) is 32.0 Å². The molecule has 0 bridgehead atoms. The van der Waals surface area contributed by atoms with E-state index in [1.807, 2.05) is 0 Å². The molecule has 1 aromatic rings. The molecule has 1 aromatic carbocycles. The van der Waals surface area contributed by atoms with E-state index in [1.165, 1.54) is 24.8 Å². The van der Waals surface area contributed by atoms with E-state index >= 15 is 0 Å². The molecular weight excluding hydrogens is 232 g/mol. The number of rotatable bonds is 7. The summed E-state index contributed by atoms with van der Waals surface area (Å²) >= 11 is 0. The van der Waals surface area contributed by atoms with Crippen LogP contribution in [0.1, 0.15) is 43.4 Å². The molecule has 0 amide bonds. The highest BCUT2D eigenvalue weighted by Crippen LogP contribution is 2.22. The number of fused-ring (bicyclic) bond motifs is 1. The van der Waals surface area contributed by atoms with E-state index in [2.05, 4.69) is 37.4 Å². The van der Waals surface area contributed by atoms with E-state index in [0.717, 1.165) is 32.5 Å². The van der Waals surface area contributed by atoms with Gasteiger partial charge in [0.15, 0.2) is 0 Å². The van der Waals surface area contributed by atoms with Crippen LogP contribution >= 0.6 is 0 Å². The van der Waals surface area contributed by atoms with Crippen molar-refractivity contribution < 1.29 is 0 Å². The van der Waals surface area contributed by atoms with Crippen molar-refractivity contribution in [3.63, 3.8) is 0 Å². The lowest BCUT2D eigenvalue weighted by Crippen LogP contribution is -2.29. The van der Waals surface area contributed by atoms with Crippen molar-refractivity contribution in [3.8, 4) is 0 Å². The lowest BCUT2D eigenvalue weighted by molar-refractivity contribution is 0.340. The van der Waals surface area contributed by atoms with E-state index in [0.29, 0.717) is 0 Å². The number of nitrogens with one attached hydrogen (secondary N) is 1. The zero-order chi connectivity index (χ0) is 13.7. The van der Waals surface area contributed by atoms with Crippen molar-refractivity contribution in [3.05, 3.63) is 34.9 Å². The third kappa shape index (κ3) is 4.32. The highest BCUT2D eigenvalue weighted by atomic mass is 14.8. The van der Waals surface area contributed by atoms with Crippen molar-refractivity contribution >= 4 is 0 Å². The van der Waals surface area contributed by atoms with Crippen molar-refractivity contribution in [2.75, 3.05) is 19.6 Å². The summed E-state index contributed by atoms with van der Waals surface area (Å²) in [4.78, 5) is 0. The predicted octanol–water partition coefficient (Wildman–Crippen LogP) is 2.68. The fourth-order valence-corrected chi connectivity index (χ4v) is 2.67. The van der Waals surface area contributed by atoms with Crippen LogP contribution in [0, 0.1) is 5.41 Å². The molecule has 2 rings (SSSR count). The van der Waals surface area contributed by atoms with Crippen LogP contribution in [0.4, 0.5) is 0 Å². The van der Waals surface area contributed by atoms with Gasteiger partial charge in [0.05, 0.1) is 0 Å². The summed E-state index contributed by atoms with van der Waals surface area (Å²) in [5.41, 5.74) is 10.6. The van der Waals surface area contributed by atoms with Gasteiger partial charge in [-0.3, -0.25) is 0 Å². The first kappa shape index (κ1) is 14.5. The Morgan fingerprint density at radius 2 is 1.95 bits per heavy atom. The highest BCUT2D eigenvalue weighted by Gasteiger charge is 2.14. The molecule has 0 atom stereocenters. The number of nitrogens with two attached hydrogens (primary N) is 1. The molecule has 3 N–H and O–H groups in total. The lowest BCUT2D eigenvalue weighted by atomic mass is 9.90. The van der Waals surface area contributed by atoms with Crippen LogP contribution < -0.4 is 11.1 Å². The Morgan fingerprint density at radius 3 is 2.74 bits per heavy atom. The Bertz CT molecular complexity index is 410. The van der Waals surface area contributed by atoms with Gasteiger partial charge >= 0.3 is 0 Å². The maximum atomic E-state index is 5.74. The van der Waals surface area contributed by atoms with Crippen molar-refractivity contribution in [1.82, 2.24) is 5.32 Å². The molecule has 0 aromatic heterocycles. The molecule has 1 aliphatic rings. The number of benzene rings is 1. The lowest BCUT2D eigenvalue weighted by Gasteiger charge is -2.22. The van der Waals surface area contributed by atoms with Gasteiger partial charge in [0.2, 0.25) is 0 Å². The van der Waals surface area contributed by atoms with Crippen LogP contribution in [-0.4, -0.2) is 19.6 Å². The zero-order valence-corrected chi connectivity index (χ0v) is 12.5. The van der Waals surface area contributed by atoms with E-state index in [9.17, 15) is 0 Å². The summed E-state index contributed by atoms with van der Waals surface area (Å²) in [6.07, 6.45) is 6.18. The first-order valence-electron chi connectivity index (χ1n) is 7.62.